The fourth-order valence-electron chi connectivity index (χ4n) is 8.77. The molecule has 1 aromatic heterocycles. The van der Waals surface area contributed by atoms with Crippen molar-refractivity contribution < 1.29 is 17.9 Å². The van der Waals surface area contributed by atoms with Gasteiger partial charge in [0.1, 0.15) is 5.82 Å². The van der Waals surface area contributed by atoms with E-state index < -0.39 is 10.0 Å². The Hall–Kier alpha value is -3.28. The molecule has 3 aliphatic rings. The summed E-state index contributed by atoms with van der Waals surface area (Å²) in [7, 11) is -2.30. The maximum atomic E-state index is 13.8. The van der Waals surface area contributed by atoms with Crippen LogP contribution >= 0.6 is 11.6 Å². The van der Waals surface area contributed by atoms with Crippen molar-refractivity contribution in [3.63, 3.8) is 0 Å². The molecule has 2 bridgehead atoms. The molecule has 1 unspecified atom stereocenters. The number of methoxy groups -OCH3 is 1. The van der Waals surface area contributed by atoms with Gasteiger partial charge in [0.15, 0.2) is 0 Å². The highest BCUT2D eigenvalue weighted by Gasteiger charge is 2.44. The third-order valence-electron chi connectivity index (χ3n) is 11.3. The molecule has 0 radical (unpaired) electrons. The number of hydrogen-bond donors (Lipinski definition) is 1. The van der Waals surface area contributed by atoms with Crippen molar-refractivity contribution in [2.45, 2.75) is 80.3 Å². The van der Waals surface area contributed by atoms with Gasteiger partial charge in [-0.15, -0.1) is 0 Å². The molecule has 0 aliphatic carbocycles. The van der Waals surface area contributed by atoms with E-state index in [1.807, 2.05) is 4.90 Å². The number of aromatic nitrogens is 2. The summed E-state index contributed by atoms with van der Waals surface area (Å²) in [6, 6.07) is 25.2. The summed E-state index contributed by atoms with van der Waals surface area (Å²) in [5.41, 5.74) is 3.82. The number of halogens is 1. The average molecular weight is 704 g/mol. The average Bonchev–Trinajstić information content (AvgIpc) is 3.57. The van der Waals surface area contributed by atoms with E-state index in [1.165, 1.54) is 49.2 Å². The lowest BCUT2D eigenvalue weighted by Crippen LogP contribution is -2.49. The number of nitrogens with zero attached hydrogens (tertiary/aromatic N) is 4. The van der Waals surface area contributed by atoms with Gasteiger partial charge in [0.25, 0.3) is 5.91 Å². The summed E-state index contributed by atoms with van der Waals surface area (Å²) in [6.07, 6.45) is 7.48. The highest BCUT2D eigenvalue weighted by Crippen LogP contribution is 2.45. The maximum Gasteiger partial charge on any atom is 0.255 e. The van der Waals surface area contributed by atoms with Gasteiger partial charge in [-0.3, -0.25) is 9.69 Å². The summed E-state index contributed by atoms with van der Waals surface area (Å²) >= 11 is 6.49. The lowest BCUT2D eigenvalue weighted by molar-refractivity contribution is 0.0607. The van der Waals surface area contributed by atoms with E-state index in [-0.39, 0.29) is 40.0 Å². The van der Waals surface area contributed by atoms with Crippen LogP contribution in [0.15, 0.2) is 77.7 Å². The summed E-state index contributed by atoms with van der Waals surface area (Å²) in [5.74, 6) is 0.875. The van der Waals surface area contributed by atoms with Crippen LogP contribution in [0.3, 0.4) is 0 Å². The summed E-state index contributed by atoms with van der Waals surface area (Å²) in [5, 5.41) is 0.249. The Labute approximate surface area is 294 Å². The number of hydrogen-bond acceptors (Lipinski definition) is 6. The normalized spacial score (nSPS) is 22.5. The molecule has 3 fully saturated rings. The number of para-hydroxylation sites is 2. The van der Waals surface area contributed by atoms with Crippen molar-refractivity contribution >= 4 is 38.6 Å². The molecule has 4 heterocycles. The third-order valence-corrected chi connectivity index (χ3v) is 13.1. The Morgan fingerprint density at radius 3 is 2.39 bits per heavy atom. The van der Waals surface area contributed by atoms with Gasteiger partial charge in [0, 0.05) is 44.9 Å². The summed E-state index contributed by atoms with van der Waals surface area (Å²) in [6.45, 7) is 4.72. The fraction of sp³-hybridized carbons (Fsp3) is 0.474. The predicted molar refractivity (Wildman–Crippen MR) is 193 cm³/mol. The Balaban J connectivity index is 1.05. The molecule has 0 saturated carbocycles. The summed E-state index contributed by atoms with van der Waals surface area (Å²) in [4.78, 5) is 23.3. The van der Waals surface area contributed by atoms with Crippen LogP contribution in [0.25, 0.3) is 11.0 Å². The first kappa shape index (κ1) is 34.2. The number of nitrogens with one attached hydrogen (secondary N) is 1. The number of aryl methyl sites for hydroxylation is 1. The SMILES string of the molecule is COCCNS(=O)(=O)c1ccc(Cl)c(C(=O)N2CCC(CCN3[C@@H]4CC[C@H]3CC(n3c(C)nc5ccccc53)C4)(c3ccccc3)CC2)c1. The van der Waals surface area contributed by atoms with Crippen LogP contribution in [-0.2, 0) is 20.2 Å². The van der Waals surface area contributed by atoms with Gasteiger partial charge < -0.3 is 14.2 Å². The minimum absolute atomic E-state index is 0.0155. The van der Waals surface area contributed by atoms with E-state index in [9.17, 15) is 13.2 Å². The number of ether oxygens (including phenoxy) is 1. The predicted octanol–water partition coefficient (Wildman–Crippen LogP) is 6.36. The number of benzene rings is 3. The zero-order valence-corrected chi connectivity index (χ0v) is 29.9. The van der Waals surface area contributed by atoms with Gasteiger partial charge in [-0.1, -0.05) is 54.1 Å². The Morgan fingerprint density at radius 2 is 1.67 bits per heavy atom. The van der Waals surface area contributed by atoms with Crippen LogP contribution in [0, 0.1) is 6.92 Å². The molecule has 0 spiro atoms. The minimum Gasteiger partial charge on any atom is -0.383 e. The second-order valence-electron chi connectivity index (χ2n) is 14.0. The maximum absolute atomic E-state index is 13.8. The van der Waals surface area contributed by atoms with Crippen molar-refractivity contribution in [1.29, 1.82) is 0 Å². The number of piperidine rings is 2. The van der Waals surface area contributed by atoms with Crippen LogP contribution < -0.4 is 4.72 Å². The number of carbonyl (C=O) groups is 1. The molecule has 3 aliphatic heterocycles. The zero-order valence-electron chi connectivity index (χ0n) is 28.4. The third kappa shape index (κ3) is 6.78. The molecule has 3 aromatic carbocycles. The molecule has 260 valence electrons. The lowest BCUT2D eigenvalue weighted by atomic mass is 9.70. The molecular weight excluding hydrogens is 658 g/mol. The zero-order chi connectivity index (χ0) is 34.2. The summed E-state index contributed by atoms with van der Waals surface area (Å²) < 4.78 is 35.7. The largest absolute Gasteiger partial charge is 0.383 e. The Kier molecular flexibility index (Phi) is 9.87. The number of rotatable bonds is 11. The Morgan fingerprint density at radius 1 is 0.980 bits per heavy atom. The van der Waals surface area contributed by atoms with Gasteiger partial charge in [-0.05, 0) is 99.7 Å². The highest BCUT2D eigenvalue weighted by atomic mass is 35.5. The van der Waals surface area contributed by atoms with Gasteiger partial charge in [-0.2, -0.15) is 0 Å². The van der Waals surface area contributed by atoms with E-state index in [2.05, 4.69) is 75.7 Å². The number of imidazole rings is 1. The van der Waals surface area contributed by atoms with E-state index in [0.29, 0.717) is 31.2 Å². The molecule has 49 heavy (non-hydrogen) atoms. The van der Waals surface area contributed by atoms with Crippen molar-refractivity contribution in [1.82, 2.24) is 24.1 Å². The number of carbonyl (C=O) groups excluding carboxylic acids is 1. The molecule has 1 N–H and O–H groups in total. The molecule has 7 rings (SSSR count). The second kappa shape index (κ2) is 14.2. The molecule has 4 aromatic rings. The topological polar surface area (TPSA) is 96.8 Å². The van der Waals surface area contributed by atoms with E-state index in [4.69, 9.17) is 21.3 Å². The van der Waals surface area contributed by atoms with Gasteiger partial charge in [0.05, 0.1) is 33.1 Å². The van der Waals surface area contributed by atoms with E-state index in [1.54, 1.807) is 0 Å². The standard InChI is InChI=1S/C38H46ClN5O4S/c1-27-41-35-10-6-7-11-36(35)44(27)31-24-29-12-13-30(25-31)43(29)22-18-38(28-8-4-3-5-9-28)16-20-42(21-17-38)37(45)33-26-32(14-15-34(33)39)49(46,47)40-19-23-48-2/h3-11,14-15,26,29-31,40H,12-13,16-25H2,1-2H3/t29-,30+,31?. The van der Waals surface area contributed by atoms with Crippen LogP contribution in [0.1, 0.15) is 72.7 Å². The molecular formula is C38H46ClN5O4S. The molecule has 1 amide bonds. The van der Waals surface area contributed by atoms with E-state index >= 15 is 0 Å². The van der Waals surface area contributed by atoms with Crippen LogP contribution in [0.5, 0.6) is 0 Å². The Bertz CT molecular complexity index is 1890. The molecule has 9 nitrogen and oxygen atoms in total. The first-order chi connectivity index (χ1) is 23.7. The molecule has 3 atom stereocenters. The fourth-order valence-corrected chi connectivity index (χ4v) is 10.0. The van der Waals surface area contributed by atoms with Gasteiger partial charge >= 0.3 is 0 Å². The van der Waals surface area contributed by atoms with Crippen molar-refractivity contribution in [2.75, 3.05) is 39.9 Å². The quantitative estimate of drug-likeness (QED) is 0.183. The number of sulfonamides is 1. The second-order valence-corrected chi connectivity index (χ2v) is 16.2. The number of amides is 1. The lowest BCUT2D eigenvalue weighted by Gasteiger charge is -2.45. The highest BCUT2D eigenvalue weighted by molar-refractivity contribution is 7.89. The smallest absolute Gasteiger partial charge is 0.255 e. The molecule has 3 saturated heterocycles. The first-order valence-electron chi connectivity index (χ1n) is 17.5. The number of fused-ring (bicyclic) bond motifs is 3. The number of likely N-dealkylation sites (tertiary alicyclic amines) is 1. The van der Waals surface area contributed by atoms with Crippen LogP contribution in [0.4, 0.5) is 0 Å². The van der Waals surface area contributed by atoms with Crippen molar-refractivity contribution in [3.05, 3.63) is 94.8 Å². The van der Waals surface area contributed by atoms with Gasteiger partial charge in [-0.25, -0.2) is 18.1 Å². The van der Waals surface area contributed by atoms with Crippen LogP contribution in [0.2, 0.25) is 5.02 Å². The van der Waals surface area contributed by atoms with Crippen molar-refractivity contribution in [2.24, 2.45) is 0 Å². The minimum atomic E-state index is -3.81. The van der Waals surface area contributed by atoms with Crippen molar-refractivity contribution in [3.8, 4) is 0 Å². The first-order valence-corrected chi connectivity index (χ1v) is 19.4. The van der Waals surface area contributed by atoms with Crippen LogP contribution in [-0.4, -0.2) is 85.7 Å². The monoisotopic (exact) mass is 703 g/mol. The van der Waals surface area contributed by atoms with Gasteiger partial charge in [0.2, 0.25) is 10.0 Å². The molecule has 11 heteroatoms. The van der Waals surface area contributed by atoms with E-state index in [0.717, 1.165) is 50.0 Å².